The Balaban J connectivity index is 2.11. The maximum atomic E-state index is 12.1. The lowest BCUT2D eigenvalue weighted by molar-refractivity contribution is 0.0940. The lowest BCUT2D eigenvalue weighted by Gasteiger charge is -2.15. The van der Waals surface area contributed by atoms with Crippen LogP contribution in [-0.4, -0.2) is 5.91 Å². The molecule has 1 amide bonds. The number of halogens is 1. The van der Waals surface area contributed by atoms with Crippen LogP contribution < -0.4 is 5.32 Å². The Bertz CT molecular complexity index is 578. The van der Waals surface area contributed by atoms with Crippen molar-refractivity contribution in [2.75, 3.05) is 0 Å². The van der Waals surface area contributed by atoms with Gasteiger partial charge in [0.1, 0.15) is 0 Å². The third-order valence-electron chi connectivity index (χ3n) is 3.04. The molecule has 2 nitrogen and oxygen atoms in total. The molecule has 0 radical (unpaired) electrons. The van der Waals surface area contributed by atoms with Crippen LogP contribution in [0.25, 0.3) is 0 Å². The molecule has 0 saturated heterocycles. The van der Waals surface area contributed by atoms with Crippen molar-refractivity contribution in [3.63, 3.8) is 0 Å². The molecular formula is C16H16ClNO. The Labute approximate surface area is 118 Å². The largest absolute Gasteiger partial charge is 0.345 e. The lowest BCUT2D eigenvalue weighted by atomic mass is 10.1. The maximum Gasteiger partial charge on any atom is 0.253 e. The fourth-order valence-electron chi connectivity index (χ4n) is 1.86. The first-order valence-electron chi connectivity index (χ1n) is 6.20. The summed E-state index contributed by atoms with van der Waals surface area (Å²) in [6.45, 7) is 4.00. The van der Waals surface area contributed by atoms with E-state index in [0.717, 1.165) is 5.56 Å². The van der Waals surface area contributed by atoms with Gasteiger partial charge in [0.05, 0.1) is 16.6 Å². The van der Waals surface area contributed by atoms with Gasteiger partial charge >= 0.3 is 0 Å². The van der Waals surface area contributed by atoms with Crippen molar-refractivity contribution < 1.29 is 4.79 Å². The van der Waals surface area contributed by atoms with Gasteiger partial charge in [-0.2, -0.15) is 0 Å². The third-order valence-corrected chi connectivity index (χ3v) is 3.37. The van der Waals surface area contributed by atoms with Gasteiger partial charge in [-0.25, -0.2) is 0 Å². The van der Waals surface area contributed by atoms with E-state index in [9.17, 15) is 4.79 Å². The standard InChI is InChI=1S/C16H16ClNO/c1-11-7-9-13(10-8-11)12(2)18-16(19)14-5-3-4-6-15(14)17/h3-10,12H,1-2H3,(H,18,19)/t12-/m1/s1. The molecule has 2 rings (SSSR count). The van der Waals surface area contributed by atoms with Crippen molar-refractivity contribution in [2.45, 2.75) is 19.9 Å². The van der Waals surface area contributed by atoms with E-state index in [1.165, 1.54) is 5.56 Å². The molecular weight excluding hydrogens is 258 g/mol. The van der Waals surface area contributed by atoms with Gasteiger partial charge < -0.3 is 5.32 Å². The van der Waals surface area contributed by atoms with E-state index >= 15 is 0 Å². The molecule has 1 N–H and O–H groups in total. The molecule has 0 aliphatic rings. The number of rotatable bonds is 3. The number of benzene rings is 2. The van der Waals surface area contributed by atoms with Crippen LogP contribution in [0.2, 0.25) is 5.02 Å². The van der Waals surface area contributed by atoms with Crippen LogP contribution in [0.3, 0.4) is 0 Å². The number of carbonyl (C=O) groups is 1. The van der Waals surface area contributed by atoms with Crippen LogP contribution in [0, 0.1) is 6.92 Å². The summed E-state index contributed by atoms with van der Waals surface area (Å²) in [4.78, 5) is 12.1. The third kappa shape index (κ3) is 3.36. The van der Waals surface area contributed by atoms with Crippen molar-refractivity contribution in [3.05, 3.63) is 70.2 Å². The molecule has 2 aromatic rings. The van der Waals surface area contributed by atoms with Crippen molar-refractivity contribution in [2.24, 2.45) is 0 Å². The second-order valence-corrected chi connectivity index (χ2v) is 4.99. The summed E-state index contributed by atoms with van der Waals surface area (Å²) in [5.74, 6) is -0.154. The molecule has 0 aliphatic heterocycles. The number of hydrogen-bond donors (Lipinski definition) is 1. The predicted octanol–water partition coefficient (Wildman–Crippen LogP) is 4.14. The average Bonchev–Trinajstić information content (AvgIpc) is 2.39. The van der Waals surface area contributed by atoms with Crippen molar-refractivity contribution >= 4 is 17.5 Å². The molecule has 0 spiro atoms. The zero-order chi connectivity index (χ0) is 13.8. The number of nitrogens with one attached hydrogen (secondary N) is 1. The molecule has 1 atom stereocenters. The zero-order valence-corrected chi connectivity index (χ0v) is 11.7. The topological polar surface area (TPSA) is 29.1 Å². The number of hydrogen-bond acceptors (Lipinski definition) is 1. The summed E-state index contributed by atoms with van der Waals surface area (Å²) in [5, 5.41) is 3.42. The highest BCUT2D eigenvalue weighted by atomic mass is 35.5. The van der Waals surface area contributed by atoms with Crippen LogP contribution in [0.4, 0.5) is 0 Å². The van der Waals surface area contributed by atoms with Crippen molar-refractivity contribution in [3.8, 4) is 0 Å². The molecule has 3 heteroatoms. The van der Waals surface area contributed by atoms with Gasteiger partial charge in [-0.15, -0.1) is 0 Å². The fourth-order valence-corrected chi connectivity index (χ4v) is 2.08. The van der Waals surface area contributed by atoms with E-state index in [2.05, 4.69) is 5.32 Å². The lowest BCUT2D eigenvalue weighted by Crippen LogP contribution is -2.26. The predicted molar refractivity (Wildman–Crippen MR) is 78.5 cm³/mol. The maximum absolute atomic E-state index is 12.1. The van der Waals surface area contributed by atoms with Crippen LogP contribution in [0.15, 0.2) is 48.5 Å². The van der Waals surface area contributed by atoms with Crippen molar-refractivity contribution in [1.29, 1.82) is 0 Å². The second kappa shape index (κ2) is 5.89. The molecule has 0 unspecified atom stereocenters. The minimum absolute atomic E-state index is 0.0515. The van der Waals surface area contributed by atoms with E-state index < -0.39 is 0 Å². The minimum atomic E-state index is -0.154. The first kappa shape index (κ1) is 13.6. The van der Waals surface area contributed by atoms with Crippen LogP contribution in [0.1, 0.15) is 34.5 Å². The molecule has 0 bridgehead atoms. The summed E-state index contributed by atoms with van der Waals surface area (Å²) in [5.41, 5.74) is 2.78. The average molecular weight is 274 g/mol. The van der Waals surface area contributed by atoms with Gasteiger partial charge in [0.15, 0.2) is 0 Å². The minimum Gasteiger partial charge on any atom is -0.345 e. The highest BCUT2D eigenvalue weighted by molar-refractivity contribution is 6.33. The van der Waals surface area contributed by atoms with Gasteiger partial charge in [-0.05, 0) is 31.5 Å². The summed E-state index contributed by atoms with van der Waals surface area (Å²) < 4.78 is 0. The Morgan fingerprint density at radius 3 is 2.37 bits per heavy atom. The smallest absolute Gasteiger partial charge is 0.253 e. The first-order valence-corrected chi connectivity index (χ1v) is 6.57. The Hall–Kier alpha value is -1.80. The molecule has 0 aromatic heterocycles. The number of carbonyl (C=O) groups excluding carboxylic acids is 1. The molecule has 0 saturated carbocycles. The van der Waals surface area contributed by atoms with E-state index in [-0.39, 0.29) is 11.9 Å². The van der Waals surface area contributed by atoms with Gasteiger partial charge in [0, 0.05) is 0 Å². The molecule has 0 fully saturated rings. The van der Waals surface area contributed by atoms with Gasteiger partial charge in [0.2, 0.25) is 0 Å². The summed E-state index contributed by atoms with van der Waals surface area (Å²) in [6, 6.07) is 15.1. The van der Waals surface area contributed by atoms with Gasteiger partial charge in [-0.1, -0.05) is 53.6 Å². The van der Waals surface area contributed by atoms with E-state index in [4.69, 9.17) is 11.6 Å². The second-order valence-electron chi connectivity index (χ2n) is 4.59. The highest BCUT2D eigenvalue weighted by Gasteiger charge is 2.13. The molecule has 0 aliphatic carbocycles. The summed E-state index contributed by atoms with van der Waals surface area (Å²) in [6.07, 6.45) is 0. The SMILES string of the molecule is Cc1ccc([C@@H](C)NC(=O)c2ccccc2Cl)cc1. The molecule has 98 valence electrons. The summed E-state index contributed by atoms with van der Waals surface area (Å²) >= 11 is 6.01. The van der Waals surface area contributed by atoms with Crippen LogP contribution >= 0.6 is 11.6 Å². The van der Waals surface area contributed by atoms with Crippen LogP contribution in [-0.2, 0) is 0 Å². The number of amides is 1. The van der Waals surface area contributed by atoms with Gasteiger partial charge in [-0.3, -0.25) is 4.79 Å². The summed E-state index contributed by atoms with van der Waals surface area (Å²) in [7, 11) is 0. The van der Waals surface area contributed by atoms with Gasteiger partial charge in [0.25, 0.3) is 5.91 Å². The quantitative estimate of drug-likeness (QED) is 0.895. The molecule has 19 heavy (non-hydrogen) atoms. The molecule has 0 heterocycles. The van der Waals surface area contributed by atoms with E-state index in [0.29, 0.717) is 10.6 Å². The van der Waals surface area contributed by atoms with E-state index in [1.807, 2.05) is 44.2 Å². The first-order chi connectivity index (χ1) is 9.08. The monoisotopic (exact) mass is 273 g/mol. The Kier molecular flexibility index (Phi) is 4.23. The molecule has 2 aromatic carbocycles. The highest BCUT2D eigenvalue weighted by Crippen LogP contribution is 2.18. The fraction of sp³-hybridized carbons (Fsp3) is 0.188. The van der Waals surface area contributed by atoms with Crippen molar-refractivity contribution in [1.82, 2.24) is 5.32 Å². The Morgan fingerprint density at radius 1 is 1.11 bits per heavy atom. The normalized spacial score (nSPS) is 11.9. The Morgan fingerprint density at radius 2 is 1.74 bits per heavy atom. The van der Waals surface area contributed by atoms with E-state index in [1.54, 1.807) is 18.2 Å². The number of aryl methyl sites for hydroxylation is 1. The zero-order valence-electron chi connectivity index (χ0n) is 11.0. The van der Waals surface area contributed by atoms with Crippen LogP contribution in [0.5, 0.6) is 0 Å².